The summed E-state index contributed by atoms with van der Waals surface area (Å²) >= 11 is 0. The van der Waals surface area contributed by atoms with E-state index in [1.807, 2.05) is 45.0 Å². The van der Waals surface area contributed by atoms with Crippen molar-refractivity contribution in [3.63, 3.8) is 0 Å². The average molecular weight is 342 g/mol. The topological polar surface area (TPSA) is 88.5 Å². The molecular formula is C19H22N2O4. The smallest absolute Gasteiger partial charge is 0.337 e. The van der Waals surface area contributed by atoms with Gasteiger partial charge in [-0.25, -0.2) is 9.78 Å². The van der Waals surface area contributed by atoms with Gasteiger partial charge in [0.2, 0.25) is 0 Å². The summed E-state index contributed by atoms with van der Waals surface area (Å²) < 4.78 is 5.60. The number of carbonyl (C=O) groups is 2. The van der Waals surface area contributed by atoms with Gasteiger partial charge < -0.3 is 15.2 Å². The third-order valence-corrected chi connectivity index (χ3v) is 3.65. The molecule has 0 spiro atoms. The van der Waals surface area contributed by atoms with E-state index < -0.39 is 5.97 Å². The highest BCUT2D eigenvalue weighted by molar-refractivity contribution is 5.94. The van der Waals surface area contributed by atoms with Crippen molar-refractivity contribution in [2.24, 2.45) is 0 Å². The molecule has 0 aliphatic carbocycles. The molecule has 0 fully saturated rings. The Morgan fingerprint density at radius 2 is 1.72 bits per heavy atom. The lowest BCUT2D eigenvalue weighted by molar-refractivity contribution is 0.0694. The van der Waals surface area contributed by atoms with Crippen LogP contribution >= 0.6 is 0 Å². The van der Waals surface area contributed by atoms with Gasteiger partial charge in [0.25, 0.3) is 5.91 Å². The molecule has 1 aromatic heterocycles. The van der Waals surface area contributed by atoms with E-state index in [1.165, 1.54) is 12.1 Å². The molecule has 0 saturated carbocycles. The number of aromatic nitrogens is 1. The third kappa shape index (κ3) is 4.79. The number of ether oxygens (including phenoxy) is 1. The summed E-state index contributed by atoms with van der Waals surface area (Å²) in [4.78, 5) is 27.4. The van der Waals surface area contributed by atoms with E-state index in [0.29, 0.717) is 5.69 Å². The van der Waals surface area contributed by atoms with Gasteiger partial charge in [0, 0.05) is 0 Å². The molecular weight excluding hydrogens is 320 g/mol. The van der Waals surface area contributed by atoms with Gasteiger partial charge in [-0.1, -0.05) is 12.1 Å². The number of amides is 1. The van der Waals surface area contributed by atoms with Gasteiger partial charge in [-0.3, -0.25) is 4.79 Å². The maximum Gasteiger partial charge on any atom is 0.337 e. The molecule has 0 bridgehead atoms. The molecule has 2 rings (SSSR count). The van der Waals surface area contributed by atoms with Gasteiger partial charge in [0.15, 0.2) is 0 Å². The Labute approximate surface area is 146 Å². The molecule has 0 saturated heterocycles. The number of carboxylic acids is 1. The van der Waals surface area contributed by atoms with E-state index >= 15 is 0 Å². The Morgan fingerprint density at radius 3 is 2.24 bits per heavy atom. The van der Waals surface area contributed by atoms with Crippen LogP contribution in [-0.4, -0.2) is 28.1 Å². The number of rotatable bonds is 6. The number of pyridine rings is 1. The lowest BCUT2D eigenvalue weighted by atomic mass is 10.1. The zero-order chi connectivity index (χ0) is 18.6. The van der Waals surface area contributed by atoms with Crippen LogP contribution in [0.25, 0.3) is 0 Å². The van der Waals surface area contributed by atoms with E-state index in [-0.39, 0.29) is 29.3 Å². The summed E-state index contributed by atoms with van der Waals surface area (Å²) in [6.45, 7) is 7.36. The summed E-state index contributed by atoms with van der Waals surface area (Å²) in [6.07, 6.45) is 0.103. The number of benzene rings is 1. The molecule has 1 unspecified atom stereocenters. The van der Waals surface area contributed by atoms with E-state index in [0.717, 1.165) is 11.3 Å². The first-order valence-corrected chi connectivity index (χ1v) is 8.06. The van der Waals surface area contributed by atoms with Crippen LogP contribution in [0.5, 0.6) is 5.75 Å². The second-order valence-corrected chi connectivity index (χ2v) is 6.07. The Kier molecular flexibility index (Phi) is 5.75. The van der Waals surface area contributed by atoms with Gasteiger partial charge in [0.05, 0.1) is 23.4 Å². The number of carbonyl (C=O) groups excluding carboxylic acids is 1. The van der Waals surface area contributed by atoms with Crippen molar-refractivity contribution >= 4 is 11.9 Å². The molecule has 6 nitrogen and oxygen atoms in total. The molecule has 1 heterocycles. The zero-order valence-corrected chi connectivity index (χ0v) is 14.7. The molecule has 1 aromatic carbocycles. The van der Waals surface area contributed by atoms with Crippen molar-refractivity contribution in [3.05, 3.63) is 58.9 Å². The molecule has 0 radical (unpaired) electrons. The number of aryl methyl sites for hydroxylation is 1. The molecule has 132 valence electrons. The van der Waals surface area contributed by atoms with E-state index in [1.54, 1.807) is 6.92 Å². The fourth-order valence-corrected chi connectivity index (χ4v) is 2.37. The lowest BCUT2D eigenvalue weighted by Gasteiger charge is -2.16. The van der Waals surface area contributed by atoms with Crippen molar-refractivity contribution in [1.29, 1.82) is 0 Å². The van der Waals surface area contributed by atoms with Gasteiger partial charge >= 0.3 is 5.97 Å². The second kappa shape index (κ2) is 7.79. The van der Waals surface area contributed by atoms with Gasteiger partial charge in [-0.05, 0) is 57.5 Å². The maximum absolute atomic E-state index is 12.3. The first-order valence-electron chi connectivity index (χ1n) is 8.06. The second-order valence-electron chi connectivity index (χ2n) is 6.07. The molecule has 1 atom stereocenters. The minimum atomic E-state index is -1.06. The predicted octanol–water partition coefficient (Wildman–Crippen LogP) is 3.37. The fraction of sp³-hybridized carbons (Fsp3) is 0.316. The first kappa shape index (κ1) is 18.4. The molecule has 2 N–H and O–H groups in total. The monoisotopic (exact) mass is 342 g/mol. The molecule has 25 heavy (non-hydrogen) atoms. The number of aromatic carboxylic acids is 1. The molecule has 2 aromatic rings. The van der Waals surface area contributed by atoms with Crippen LogP contribution in [0.4, 0.5) is 0 Å². The third-order valence-electron chi connectivity index (χ3n) is 3.65. The highest BCUT2D eigenvalue weighted by Crippen LogP contribution is 2.19. The highest BCUT2D eigenvalue weighted by Gasteiger charge is 2.15. The van der Waals surface area contributed by atoms with Crippen molar-refractivity contribution < 1.29 is 19.4 Å². The van der Waals surface area contributed by atoms with Crippen molar-refractivity contribution in [2.45, 2.75) is 39.8 Å². The van der Waals surface area contributed by atoms with Crippen LogP contribution in [-0.2, 0) is 0 Å². The van der Waals surface area contributed by atoms with Crippen LogP contribution in [0.3, 0.4) is 0 Å². The van der Waals surface area contributed by atoms with Gasteiger partial charge in [-0.2, -0.15) is 0 Å². The minimum Gasteiger partial charge on any atom is -0.491 e. The van der Waals surface area contributed by atoms with Crippen molar-refractivity contribution in [2.75, 3.05) is 0 Å². The molecule has 0 aliphatic rings. The maximum atomic E-state index is 12.3. The van der Waals surface area contributed by atoms with E-state index in [9.17, 15) is 9.59 Å². The van der Waals surface area contributed by atoms with Crippen LogP contribution < -0.4 is 10.1 Å². The Balaban J connectivity index is 2.07. The van der Waals surface area contributed by atoms with Crippen molar-refractivity contribution in [3.8, 4) is 5.75 Å². The average Bonchev–Trinajstić information content (AvgIpc) is 2.54. The SMILES string of the molecule is Cc1nc(C(=O)NC(C)c2ccc(OC(C)C)cc2)ccc1C(=O)O. The van der Waals surface area contributed by atoms with E-state index in [2.05, 4.69) is 10.3 Å². The number of carboxylic acid groups (broad SMARTS) is 1. The zero-order valence-electron chi connectivity index (χ0n) is 14.7. The van der Waals surface area contributed by atoms with Crippen LogP contribution in [0.1, 0.15) is 58.9 Å². The molecule has 1 amide bonds. The van der Waals surface area contributed by atoms with Gasteiger partial charge in [0.1, 0.15) is 11.4 Å². The summed E-state index contributed by atoms with van der Waals surface area (Å²) in [6, 6.07) is 10.1. The lowest BCUT2D eigenvalue weighted by Crippen LogP contribution is -2.27. The standard InChI is InChI=1S/C19H22N2O4/c1-11(2)25-15-7-5-14(6-8-15)12(3)21-18(22)17-10-9-16(19(23)24)13(4)20-17/h5-12H,1-4H3,(H,21,22)(H,23,24). The quantitative estimate of drug-likeness (QED) is 0.840. The van der Waals surface area contributed by atoms with Gasteiger partial charge in [-0.15, -0.1) is 0 Å². The van der Waals surface area contributed by atoms with Crippen molar-refractivity contribution in [1.82, 2.24) is 10.3 Å². The Hall–Kier alpha value is -2.89. The highest BCUT2D eigenvalue weighted by atomic mass is 16.5. The predicted molar refractivity (Wildman–Crippen MR) is 94.0 cm³/mol. The Bertz CT molecular complexity index is 769. The Morgan fingerprint density at radius 1 is 1.08 bits per heavy atom. The summed E-state index contributed by atoms with van der Waals surface area (Å²) in [7, 11) is 0. The molecule has 6 heteroatoms. The summed E-state index contributed by atoms with van der Waals surface area (Å²) in [5.74, 6) is -0.636. The normalized spacial score (nSPS) is 11.9. The molecule has 0 aliphatic heterocycles. The number of nitrogens with one attached hydrogen (secondary N) is 1. The minimum absolute atomic E-state index is 0.0883. The number of nitrogens with zero attached hydrogens (tertiary/aromatic N) is 1. The summed E-state index contributed by atoms with van der Waals surface area (Å²) in [5.41, 5.74) is 1.52. The fourth-order valence-electron chi connectivity index (χ4n) is 2.37. The number of hydrogen-bond acceptors (Lipinski definition) is 4. The number of hydrogen-bond donors (Lipinski definition) is 2. The largest absolute Gasteiger partial charge is 0.491 e. The van der Waals surface area contributed by atoms with E-state index in [4.69, 9.17) is 9.84 Å². The first-order chi connectivity index (χ1) is 11.8. The van der Waals surface area contributed by atoms with Crippen LogP contribution in [0.2, 0.25) is 0 Å². The van der Waals surface area contributed by atoms with Crippen LogP contribution in [0, 0.1) is 6.92 Å². The summed E-state index contributed by atoms with van der Waals surface area (Å²) in [5, 5.41) is 11.9. The van der Waals surface area contributed by atoms with Crippen LogP contribution in [0.15, 0.2) is 36.4 Å².